The van der Waals surface area contributed by atoms with Gasteiger partial charge in [0.15, 0.2) is 0 Å². The fraction of sp³-hybridized carbons (Fsp3) is 0.571. The molecule has 1 saturated heterocycles. The Bertz CT molecular complexity index is 834. The lowest BCUT2D eigenvalue weighted by atomic mass is 9.73. The molecule has 164 valence electrons. The Kier molecular flexibility index (Phi) is 7.26. The van der Waals surface area contributed by atoms with Crippen molar-refractivity contribution in [3.05, 3.63) is 28.2 Å². The highest BCUT2D eigenvalue weighted by Crippen LogP contribution is 2.38. The average molecular weight is 455 g/mol. The zero-order valence-electron chi connectivity index (χ0n) is 17.3. The predicted octanol–water partition coefficient (Wildman–Crippen LogP) is 4.10. The number of carbonyl (C=O) groups excluding carboxylic acids is 3. The summed E-state index contributed by atoms with van der Waals surface area (Å²) >= 11 is 12.1. The fourth-order valence-electron chi connectivity index (χ4n) is 4.33. The number of hydrogen-bond donors (Lipinski definition) is 2. The predicted molar refractivity (Wildman–Crippen MR) is 118 cm³/mol. The van der Waals surface area contributed by atoms with E-state index in [1.165, 1.54) is 4.90 Å². The average Bonchev–Trinajstić information content (AvgIpc) is 2.92. The monoisotopic (exact) mass is 454 g/mol. The van der Waals surface area contributed by atoms with Crippen LogP contribution in [0.3, 0.4) is 0 Å². The van der Waals surface area contributed by atoms with Gasteiger partial charge in [0, 0.05) is 11.6 Å². The molecule has 2 N–H and O–H groups in total. The van der Waals surface area contributed by atoms with E-state index >= 15 is 0 Å². The van der Waals surface area contributed by atoms with Gasteiger partial charge in [-0.2, -0.15) is 0 Å². The van der Waals surface area contributed by atoms with Crippen molar-refractivity contribution in [3.63, 3.8) is 0 Å². The van der Waals surface area contributed by atoms with Crippen LogP contribution < -0.4 is 10.6 Å². The number of hydrogen-bond acceptors (Lipinski definition) is 4. The number of anilines is 1. The van der Waals surface area contributed by atoms with Gasteiger partial charge < -0.3 is 10.6 Å². The molecule has 0 unspecified atom stereocenters. The van der Waals surface area contributed by atoms with Crippen LogP contribution in [0.25, 0.3) is 0 Å². The van der Waals surface area contributed by atoms with E-state index in [1.807, 2.05) is 13.8 Å². The molecule has 0 bridgehead atoms. The zero-order chi connectivity index (χ0) is 21.9. The minimum atomic E-state index is -0.802. The van der Waals surface area contributed by atoms with Gasteiger partial charge in [-0.15, -0.1) is 0 Å². The van der Waals surface area contributed by atoms with Gasteiger partial charge >= 0.3 is 6.03 Å². The fourth-order valence-corrected chi connectivity index (χ4v) is 4.66. The van der Waals surface area contributed by atoms with E-state index < -0.39 is 5.54 Å². The first-order valence-electron chi connectivity index (χ1n) is 10.4. The number of nitrogens with one attached hydrogen (secondary N) is 2. The molecular formula is C21H28Cl2N4O3. The van der Waals surface area contributed by atoms with Crippen molar-refractivity contribution < 1.29 is 14.4 Å². The van der Waals surface area contributed by atoms with Gasteiger partial charge in [-0.3, -0.25) is 14.5 Å². The number of nitrogens with zero attached hydrogens (tertiary/aromatic N) is 2. The summed E-state index contributed by atoms with van der Waals surface area (Å²) in [6, 6.07) is 4.45. The summed E-state index contributed by atoms with van der Waals surface area (Å²) < 4.78 is 0. The Morgan fingerprint density at radius 3 is 2.80 bits per heavy atom. The van der Waals surface area contributed by atoms with Crippen molar-refractivity contribution in [2.45, 2.75) is 51.5 Å². The van der Waals surface area contributed by atoms with E-state index in [4.69, 9.17) is 23.2 Å². The second-order valence-corrected chi connectivity index (χ2v) is 8.99. The summed E-state index contributed by atoms with van der Waals surface area (Å²) in [5.41, 5.74) is -0.375. The Labute approximate surface area is 187 Å². The lowest BCUT2D eigenvalue weighted by molar-refractivity contribution is -0.136. The summed E-state index contributed by atoms with van der Waals surface area (Å²) in [5, 5.41) is 6.55. The summed E-state index contributed by atoms with van der Waals surface area (Å²) in [7, 11) is 0. The van der Waals surface area contributed by atoms with Crippen LogP contribution in [0.15, 0.2) is 18.2 Å². The van der Waals surface area contributed by atoms with Crippen molar-refractivity contribution in [2.75, 3.05) is 25.1 Å². The Morgan fingerprint density at radius 1 is 1.33 bits per heavy atom. The van der Waals surface area contributed by atoms with Crippen molar-refractivity contribution in [2.24, 2.45) is 5.92 Å². The van der Waals surface area contributed by atoms with Gasteiger partial charge in [0.25, 0.3) is 5.91 Å². The molecule has 2 aliphatic rings. The molecule has 0 aromatic heterocycles. The van der Waals surface area contributed by atoms with E-state index in [0.29, 0.717) is 28.7 Å². The minimum absolute atomic E-state index is 0.0241. The van der Waals surface area contributed by atoms with Gasteiger partial charge in [-0.25, -0.2) is 9.69 Å². The molecule has 2 atom stereocenters. The number of carbonyl (C=O) groups is 3. The van der Waals surface area contributed by atoms with E-state index in [-0.39, 0.29) is 37.0 Å². The highest BCUT2D eigenvalue weighted by Gasteiger charge is 2.55. The minimum Gasteiger partial charge on any atom is -0.324 e. The van der Waals surface area contributed by atoms with E-state index in [0.717, 1.165) is 25.7 Å². The number of rotatable bonds is 7. The molecule has 3 rings (SSSR count). The Morgan fingerprint density at radius 2 is 2.10 bits per heavy atom. The lowest BCUT2D eigenvalue weighted by Gasteiger charge is -2.37. The summed E-state index contributed by atoms with van der Waals surface area (Å²) in [5.74, 6) is -0.375. The SMILES string of the molecule is CCCN(CC(=O)Nc1cc(Cl)ccc1Cl)CN1C(=O)N[C@@]2(CCCC[C@H]2C)C1=O. The van der Waals surface area contributed by atoms with Gasteiger partial charge in [-0.1, -0.05) is 49.9 Å². The van der Waals surface area contributed by atoms with Crippen molar-refractivity contribution >= 4 is 46.7 Å². The molecule has 1 aliphatic heterocycles. The van der Waals surface area contributed by atoms with Gasteiger partial charge in [0.05, 0.1) is 23.9 Å². The van der Waals surface area contributed by atoms with Crippen LogP contribution in [0.4, 0.5) is 10.5 Å². The van der Waals surface area contributed by atoms with Crippen molar-refractivity contribution in [3.8, 4) is 0 Å². The van der Waals surface area contributed by atoms with Gasteiger partial charge in [0.1, 0.15) is 5.54 Å². The maximum atomic E-state index is 13.2. The van der Waals surface area contributed by atoms with Crippen LogP contribution in [0, 0.1) is 5.92 Å². The topological polar surface area (TPSA) is 81.8 Å². The van der Waals surface area contributed by atoms with Gasteiger partial charge in [-0.05, 0) is 43.4 Å². The zero-order valence-corrected chi connectivity index (χ0v) is 18.9. The molecule has 7 nitrogen and oxygen atoms in total. The molecule has 1 saturated carbocycles. The molecular weight excluding hydrogens is 427 g/mol. The van der Waals surface area contributed by atoms with Gasteiger partial charge in [0.2, 0.25) is 5.91 Å². The molecule has 1 spiro atoms. The molecule has 1 aromatic rings. The maximum absolute atomic E-state index is 13.2. The van der Waals surface area contributed by atoms with Crippen LogP contribution in [-0.4, -0.2) is 52.9 Å². The lowest BCUT2D eigenvalue weighted by Crippen LogP contribution is -2.54. The highest BCUT2D eigenvalue weighted by atomic mass is 35.5. The van der Waals surface area contributed by atoms with E-state index in [1.54, 1.807) is 23.1 Å². The first-order chi connectivity index (χ1) is 14.3. The maximum Gasteiger partial charge on any atom is 0.326 e. The van der Waals surface area contributed by atoms with Crippen LogP contribution in [-0.2, 0) is 9.59 Å². The number of imide groups is 1. The molecule has 1 aliphatic carbocycles. The van der Waals surface area contributed by atoms with E-state index in [9.17, 15) is 14.4 Å². The third-order valence-electron chi connectivity index (χ3n) is 5.95. The smallest absolute Gasteiger partial charge is 0.324 e. The molecule has 1 aromatic carbocycles. The number of amides is 4. The summed E-state index contributed by atoms with van der Waals surface area (Å²) in [4.78, 5) is 41.4. The first kappa shape index (κ1) is 22.8. The summed E-state index contributed by atoms with van der Waals surface area (Å²) in [6.07, 6.45) is 4.35. The molecule has 9 heteroatoms. The largest absolute Gasteiger partial charge is 0.326 e. The van der Waals surface area contributed by atoms with Crippen molar-refractivity contribution in [1.82, 2.24) is 15.1 Å². The Hall–Kier alpha value is -1.83. The number of benzene rings is 1. The number of urea groups is 1. The molecule has 30 heavy (non-hydrogen) atoms. The third kappa shape index (κ3) is 4.74. The second kappa shape index (κ2) is 9.54. The molecule has 0 radical (unpaired) electrons. The number of halogens is 2. The second-order valence-electron chi connectivity index (χ2n) is 8.15. The molecule has 1 heterocycles. The van der Waals surface area contributed by atoms with Crippen molar-refractivity contribution in [1.29, 1.82) is 0 Å². The highest BCUT2D eigenvalue weighted by molar-refractivity contribution is 6.35. The van der Waals surface area contributed by atoms with Crippen LogP contribution in [0.5, 0.6) is 0 Å². The Balaban J connectivity index is 1.68. The quantitative estimate of drug-likeness (QED) is 0.607. The normalized spacial score (nSPS) is 23.9. The summed E-state index contributed by atoms with van der Waals surface area (Å²) in [6.45, 7) is 4.67. The molecule has 2 fully saturated rings. The van der Waals surface area contributed by atoms with Crippen LogP contribution >= 0.6 is 23.2 Å². The molecule has 4 amide bonds. The van der Waals surface area contributed by atoms with Crippen LogP contribution in [0.2, 0.25) is 10.0 Å². The first-order valence-corrected chi connectivity index (χ1v) is 11.1. The van der Waals surface area contributed by atoms with E-state index in [2.05, 4.69) is 10.6 Å². The third-order valence-corrected chi connectivity index (χ3v) is 6.52. The standard InChI is InChI=1S/C21H28Cl2N4O3/c1-3-10-26(12-18(28)24-17-11-15(22)7-8-16(17)23)13-27-19(29)21(25-20(27)30)9-5-4-6-14(21)2/h7-8,11,14H,3-6,9-10,12-13H2,1-2H3,(H,24,28)(H,25,30)/t14-,21-/m1/s1. The van der Waals surface area contributed by atoms with Crippen LogP contribution in [0.1, 0.15) is 46.0 Å².